The second-order valence-electron chi connectivity index (χ2n) is 4.16. The Bertz CT molecular complexity index is 671. The molecule has 7 nitrogen and oxygen atoms in total. The molecule has 118 valence electrons. The molecule has 8 heteroatoms. The van der Waals surface area contributed by atoms with Crippen LogP contribution in [-0.2, 0) is 0 Å². The van der Waals surface area contributed by atoms with E-state index in [0.29, 0.717) is 16.1 Å². The monoisotopic (exact) mass is 323 g/mol. The first-order chi connectivity index (χ1) is 10.4. The molecule has 0 aliphatic carbocycles. The van der Waals surface area contributed by atoms with Crippen LogP contribution in [0.4, 0.5) is 5.69 Å². The molecule has 0 saturated heterocycles. The molecule has 0 saturated carbocycles. The largest absolute Gasteiger partial charge is 0.504 e. The Morgan fingerprint density at radius 1 is 1.41 bits per heavy atom. The van der Waals surface area contributed by atoms with E-state index < -0.39 is 22.1 Å². The van der Waals surface area contributed by atoms with Gasteiger partial charge < -0.3 is 10.2 Å². The van der Waals surface area contributed by atoms with Crippen LogP contribution < -0.4 is 0 Å². The van der Waals surface area contributed by atoms with Crippen LogP contribution in [-0.4, -0.2) is 24.5 Å². The van der Waals surface area contributed by atoms with Crippen LogP contribution in [0.15, 0.2) is 25.0 Å². The summed E-state index contributed by atoms with van der Waals surface area (Å²) >= 11 is 1.17. The SMILES string of the molecule is C=C(c1ncns1)C(C)c1cc(O)c(O)c([N+](=O)[O-])c1.CC. The lowest BCUT2D eigenvalue weighted by Crippen LogP contribution is -1.98. The highest BCUT2D eigenvalue weighted by atomic mass is 32.1. The standard InChI is InChI=1S/C12H11N3O4S.C2H6/c1-6(7(2)12-13-5-14-20-12)8-3-9(15(18)19)11(17)10(16)4-8;1-2/h3-6,16-17H,2H2,1H3;1-2H3. The van der Waals surface area contributed by atoms with Crippen LogP contribution in [0.2, 0.25) is 0 Å². The van der Waals surface area contributed by atoms with E-state index in [9.17, 15) is 20.3 Å². The Morgan fingerprint density at radius 3 is 2.55 bits per heavy atom. The predicted molar refractivity (Wildman–Crippen MR) is 85.1 cm³/mol. The first-order valence-corrected chi connectivity index (χ1v) is 7.35. The molecule has 0 aliphatic heterocycles. The molecule has 2 N–H and O–H groups in total. The van der Waals surface area contributed by atoms with Gasteiger partial charge in [-0.25, -0.2) is 4.98 Å². The van der Waals surface area contributed by atoms with Gasteiger partial charge in [-0.15, -0.1) is 0 Å². The van der Waals surface area contributed by atoms with Crippen molar-refractivity contribution < 1.29 is 15.1 Å². The molecular weight excluding hydrogens is 306 g/mol. The van der Waals surface area contributed by atoms with Gasteiger partial charge in [0.1, 0.15) is 11.3 Å². The summed E-state index contributed by atoms with van der Waals surface area (Å²) in [5.74, 6) is -1.59. The van der Waals surface area contributed by atoms with Crippen molar-refractivity contribution in [1.29, 1.82) is 0 Å². The van der Waals surface area contributed by atoms with Crippen molar-refractivity contribution in [2.24, 2.45) is 0 Å². The Balaban J connectivity index is 0.00000116. The Kier molecular flexibility index (Phi) is 6.00. The van der Waals surface area contributed by atoms with E-state index in [-0.39, 0.29) is 5.92 Å². The van der Waals surface area contributed by atoms with Crippen LogP contribution in [0, 0.1) is 10.1 Å². The van der Waals surface area contributed by atoms with Crippen molar-refractivity contribution in [1.82, 2.24) is 9.36 Å². The van der Waals surface area contributed by atoms with Gasteiger partial charge in [-0.2, -0.15) is 4.37 Å². The van der Waals surface area contributed by atoms with Gasteiger partial charge in [0, 0.05) is 12.0 Å². The normalized spacial score (nSPS) is 11.2. The summed E-state index contributed by atoms with van der Waals surface area (Å²) < 4.78 is 3.87. The zero-order chi connectivity index (χ0) is 16.9. The Morgan fingerprint density at radius 2 is 2.05 bits per heavy atom. The minimum atomic E-state index is -0.751. The molecule has 0 amide bonds. The molecule has 22 heavy (non-hydrogen) atoms. The number of benzene rings is 1. The number of allylic oxidation sites excluding steroid dienone is 1. The van der Waals surface area contributed by atoms with Crippen molar-refractivity contribution in [2.75, 3.05) is 0 Å². The molecule has 2 rings (SSSR count). The summed E-state index contributed by atoms with van der Waals surface area (Å²) in [6, 6.07) is 2.49. The van der Waals surface area contributed by atoms with E-state index >= 15 is 0 Å². The summed E-state index contributed by atoms with van der Waals surface area (Å²) in [4.78, 5) is 14.1. The average Bonchev–Trinajstić information content (AvgIpc) is 3.04. The molecule has 2 aromatic rings. The molecule has 1 unspecified atom stereocenters. The first kappa shape index (κ1) is 17.6. The molecule has 1 aromatic heterocycles. The van der Waals surface area contributed by atoms with Gasteiger partial charge in [-0.3, -0.25) is 10.1 Å². The maximum absolute atomic E-state index is 10.8. The molecule has 1 atom stereocenters. The zero-order valence-electron chi connectivity index (χ0n) is 12.5. The van der Waals surface area contributed by atoms with E-state index in [0.717, 1.165) is 0 Å². The van der Waals surface area contributed by atoms with Crippen molar-refractivity contribution in [3.8, 4) is 11.5 Å². The Labute approximate surface area is 131 Å². The number of phenolic OH excluding ortho intramolecular Hbond substituents is 2. The van der Waals surface area contributed by atoms with Gasteiger partial charge in [0.2, 0.25) is 5.75 Å². The van der Waals surface area contributed by atoms with E-state index in [2.05, 4.69) is 15.9 Å². The number of hydrogen-bond acceptors (Lipinski definition) is 7. The third kappa shape index (κ3) is 3.59. The smallest absolute Gasteiger partial charge is 0.314 e. The highest BCUT2D eigenvalue weighted by Gasteiger charge is 2.23. The summed E-state index contributed by atoms with van der Waals surface area (Å²) in [7, 11) is 0. The molecule has 1 aromatic carbocycles. The minimum Gasteiger partial charge on any atom is -0.504 e. The van der Waals surface area contributed by atoms with Gasteiger partial charge in [-0.1, -0.05) is 27.4 Å². The van der Waals surface area contributed by atoms with E-state index in [1.807, 2.05) is 13.8 Å². The number of nitro groups is 1. The fourth-order valence-corrected chi connectivity index (χ4v) is 2.30. The number of nitro benzene ring substituents is 1. The van der Waals surface area contributed by atoms with E-state index in [1.165, 1.54) is 30.0 Å². The maximum Gasteiger partial charge on any atom is 0.314 e. The summed E-state index contributed by atoms with van der Waals surface area (Å²) in [5.41, 5.74) is 0.552. The van der Waals surface area contributed by atoms with Gasteiger partial charge in [0.15, 0.2) is 5.75 Å². The highest BCUT2D eigenvalue weighted by Crippen LogP contribution is 2.40. The summed E-state index contributed by atoms with van der Waals surface area (Å²) in [6.07, 6.45) is 1.40. The van der Waals surface area contributed by atoms with Gasteiger partial charge in [0.05, 0.1) is 4.92 Å². The first-order valence-electron chi connectivity index (χ1n) is 6.58. The van der Waals surface area contributed by atoms with Crippen molar-refractivity contribution in [3.63, 3.8) is 0 Å². The van der Waals surface area contributed by atoms with Crippen molar-refractivity contribution in [2.45, 2.75) is 26.7 Å². The van der Waals surface area contributed by atoms with Crippen LogP contribution >= 0.6 is 11.5 Å². The number of nitrogens with zero attached hydrogens (tertiary/aromatic N) is 3. The quantitative estimate of drug-likeness (QED) is 0.504. The number of aromatic nitrogens is 2. The van der Waals surface area contributed by atoms with Gasteiger partial charge in [0.25, 0.3) is 0 Å². The maximum atomic E-state index is 10.8. The van der Waals surface area contributed by atoms with Crippen LogP contribution in [0.25, 0.3) is 5.57 Å². The van der Waals surface area contributed by atoms with Crippen molar-refractivity contribution >= 4 is 22.8 Å². The molecule has 0 fully saturated rings. The number of phenols is 2. The zero-order valence-corrected chi connectivity index (χ0v) is 13.3. The van der Waals surface area contributed by atoms with Gasteiger partial charge in [-0.05, 0) is 28.7 Å². The molecule has 0 spiro atoms. The molecule has 0 bridgehead atoms. The number of hydrogen-bond donors (Lipinski definition) is 2. The lowest BCUT2D eigenvalue weighted by molar-refractivity contribution is -0.386. The van der Waals surface area contributed by atoms with Gasteiger partial charge >= 0.3 is 5.69 Å². The molecule has 1 heterocycles. The number of aromatic hydroxyl groups is 2. The third-order valence-corrected chi connectivity index (χ3v) is 3.69. The summed E-state index contributed by atoms with van der Waals surface area (Å²) in [6.45, 7) is 9.67. The number of rotatable bonds is 4. The minimum absolute atomic E-state index is 0.312. The third-order valence-electron chi connectivity index (χ3n) is 2.95. The lowest BCUT2D eigenvalue weighted by Gasteiger charge is -2.13. The Hall–Kier alpha value is -2.48. The molecule has 0 aliphatic rings. The fourth-order valence-electron chi connectivity index (χ4n) is 1.72. The second kappa shape index (κ2) is 7.51. The van der Waals surface area contributed by atoms with Crippen molar-refractivity contribution in [3.05, 3.63) is 45.7 Å². The fraction of sp³-hybridized carbons (Fsp3) is 0.286. The van der Waals surface area contributed by atoms with Crippen LogP contribution in [0.1, 0.15) is 37.3 Å². The average molecular weight is 323 g/mol. The lowest BCUT2D eigenvalue weighted by atomic mass is 9.93. The highest BCUT2D eigenvalue weighted by molar-refractivity contribution is 7.06. The van der Waals surface area contributed by atoms with E-state index in [1.54, 1.807) is 6.92 Å². The van der Waals surface area contributed by atoms with E-state index in [4.69, 9.17) is 0 Å². The second-order valence-corrected chi connectivity index (χ2v) is 4.94. The summed E-state index contributed by atoms with van der Waals surface area (Å²) in [5, 5.41) is 30.5. The molecule has 0 radical (unpaired) electrons. The predicted octanol–water partition coefficient (Wildman–Crippen LogP) is 3.70. The topological polar surface area (TPSA) is 109 Å². The van der Waals surface area contributed by atoms with Crippen LogP contribution in [0.5, 0.6) is 11.5 Å². The van der Waals surface area contributed by atoms with Crippen LogP contribution in [0.3, 0.4) is 0 Å². The molecular formula is C14H17N3O4S.